The van der Waals surface area contributed by atoms with Crippen LogP contribution in [0.5, 0.6) is 0 Å². The SMILES string of the molecule is CO[C@@H]1C[C@H](C(=O)NCCC(=O)Nc2cccc(C)c2)CC[C@@H]1O. The number of aliphatic hydroxyl groups is 1. The predicted octanol–water partition coefficient (Wildman–Crippen LogP) is 1.62. The fourth-order valence-electron chi connectivity index (χ4n) is 2.99. The summed E-state index contributed by atoms with van der Waals surface area (Å²) in [6, 6.07) is 7.58. The van der Waals surface area contributed by atoms with Gasteiger partial charge in [-0.2, -0.15) is 0 Å². The number of anilines is 1. The third-order valence-electron chi connectivity index (χ3n) is 4.38. The van der Waals surface area contributed by atoms with Crippen LogP contribution in [-0.2, 0) is 14.3 Å². The minimum absolute atomic E-state index is 0.0766. The lowest BCUT2D eigenvalue weighted by Crippen LogP contribution is -2.42. The number of amides is 2. The van der Waals surface area contributed by atoms with Crippen LogP contribution in [0.3, 0.4) is 0 Å². The topological polar surface area (TPSA) is 87.7 Å². The van der Waals surface area contributed by atoms with Crippen LogP contribution >= 0.6 is 0 Å². The molecule has 3 N–H and O–H groups in total. The van der Waals surface area contributed by atoms with E-state index >= 15 is 0 Å². The van der Waals surface area contributed by atoms with Crippen LogP contribution < -0.4 is 10.6 Å². The van der Waals surface area contributed by atoms with E-state index in [0.717, 1.165) is 11.3 Å². The number of rotatable bonds is 6. The monoisotopic (exact) mass is 334 g/mol. The summed E-state index contributed by atoms with van der Waals surface area (Å²) in [5.41, 5.74) is 1.84. The average molecular weight is 334 g/mol. The summed E-state index contributed by atoms with van der Waals surface area (Å²) < 4.78 is 5.21. The molecule has 0 spiro atoms. The van der Waals surface area contributed by atoms with Crippen molar-refractivity contribution in [2.24, 2.45) is 5.92 Å². The Hall–Kier alpha value is -1.92. The highest BCUT2D eigenvalue weighted by molar-refractivity contribution is 5.91. The second-order valence-electron chi connectivity index (χ2n) is 6.31. The molecule has 0 aliphatic heterocycles. The van der Waals surface area contributed by atoms with Gasteiger partial charge >= 0.3 is 0 Å². The van der Waals surface area contributed by atoms with Gasteiger partial charge in [-0.3, -0.25) is 9.59 Å². The summed E-state index contributed by atoms with van der Waals surface area (Å²) in [4.78, 5) is 24.1. The third-order valence-corrected chi connectivity index (χ3v) is 4.38. The molecule has 0 radical (unpaired) electrons. The number of carbonyl (C=O) groups is 2. The highest BCUT2D eigenvalue weighted by Crippen LogP contribution is 2.26. The van der Waals surface area contributed by atoms with E-state index in [9.17, 15) is 14.7 Å². The third kappa shape index (κ3) is 5.32. The Morgan fingerprint density at radius 3 is 2.83 bits per heavy atom. The van der Waals surface area contributed by atoms with Crippen molar-refractivity contribution in [2.45, 2.75) is 44.8 Å². The molecule has 1 aliphatic rings. The van der Waals surface area contributed by atoms with Gasteiger partial charge in [0, 0.05) is 31.7 Å². The Morgan fingerprint density at radius 2 is 2.12 bits per heavy atom. The van der Waals surface area contributed by atoms with Gasteiger partial charge < -0.3 is 20.5 Å². The van der Waals surface area contributed by atoms with Crippen LogP contribution in [0.25, 0.3) is 0 Å². The summed E-state index contributed by atoms with van der Waals surface area (Å²) in [7, 11) is 1.55. The van der Waals surface area contributed by atoms with Gasteiger partial charge in [-0.05, 0) is 43.9 Å². The van der Waals surface area contributed by atoms with E-state index in [1.807, 2.05) is 31.2 Å². The number of benzene rings is 1. The number of hydrogen-bond acceptors (Lipinski definition) is 4. The molecule has 0 bridgehead atoms. The van der Waals surface area contributed by atoms with E-state index in [1.54, 1.807) is 7.11 Å². The highest BCUT2D eigenvalue weighted by Gasteiger charge is 2.32. The molecule has 6 heteroatoms. The predicted molar refractivity (Wildman–Crippen MR) is 91.6 cm³/mol. The molecule has 0 saturated heterocycles. The van der Waals surface area contributed by atoms with Crippen LogP contribution in [0.4, 0.5) is 5.69 Å². The first-order valence-corrected chi connectivity index (χ1v) is 8.34. The van der Waals surface area contributed by atoms with Gasteiger partial charge in [-0.25, -0.2) is 0 Å². The van der Waals surface area contributed by atoms with Crippen molar-refractivity contribution in [3.8, 4) is 0 Å². The highest BCUT2D eigenvalue weighted by atomic mass is 16.5. The number of methoxy groups -OCH3 is 1. The zero-order valence-corrected chi connectivity index (χ0v) is 14.2. The largest absolute Gasteiger partial charge is 0.390 e. The summed E-state index contributed by atoms with van der Waals surface area (Å²) in [6.45, 7) is 2.26. The molecular weight excluding hydrogens is 308 g/mol. The Labute approximate surface area is 142 Å². The van der Waals surface area contributed by atoms with Gasteiger partial charge in [0.05, 0.1) is 12.2 Å². The molecule has 1 saturated carbocycles. The standard InChI is InChI=1S/C18H26N2O4/c1-12-4-3-5-14(10-12)20-17(22)8-9-19-18(23)13-6-7-15(21)16(11-13)24-2/h3-5,10,13,15-16,21H,6-9,11H2,1-2H3,(H,19,23)(H,20,22)/t13-,15+,16-/m1/s1. The van der Waals surface area contributed by atoms with Gasteiger partial charge in [-0.1, -0.05) is 12.1 Å². The molecule has 1 aromatic rings. The number of aryl methyl sites for hydroxylation is 1. The summed E-state index contributed by atoms with van der Waals surface area (Å²) in [5, 5.41) is 15.4. The van der Waals surface area contributed by atoms with Crippen molar-refractivity contribution in [2.75, 3.05) is 19.0 Å². The Kier molecular flexibility index (Phi) is 6.75. The van der Waals surface area contributed by atoms with Crippen LogP contribution in [-0.4, -0.2) is 42.8 Å². The Morgan fingerprint density at radius 1 is 1.33 bits per heavy atom. The summed E-state index contributed by atoms with van der Waals surface area (Å²) >= 11 is 0. The molecule has 2 amide bonds. The van der Waals surface area contributed by atoms with Crippen LogP contribution in [0.2, 0.25) is 0 Å². The number of aliphatic hydroxyl groups excluding tert-OH is 1. The Bertz CT molecular complexity index is 576. The maximum atomic E-state index is 12.2. The van der Waals surface area contributed by atoms with Crippen LogP contribution in [0, 0.1) is 12.8 Å². The van der Waals surface area contributed by atoms with Gasteiger partial charge in [0.2, 0.25) is 11.8 Å². The first kappa shape index (κ1) is 18.4. The van der Waals surface area contributed by atoms with E-state index < -0.39 is 6.10 Å². The molecule has 6 nitrogen and oxygen atoms in total. The van der Waals surface area contributed by atoms with E-state index in [4.69, 9.17) is 4.74 Å². The lowest BCUT2D eigenvalue weighted by atomic mass is 9.84. The van der Waals surface area contributed by atoms with E-state index in [0.29, 0.717) is 25.8 Å². The van der Waals surface area contributed by atoms with Crippen molar-refractivity contribution < 1.29 is 19.4 Å². The average Bonchev–Trinajstić information content (AvgIpc) is 2.55. The molecule has 1 aromatic carbocycles. The zero-order valence-electron chi connectivity index (χ0n) is 14.2. The first-order valence-electron chi connectivity index (χ1n) is 8.34. The molecule has 0 heterocycles. The van der Waals surface area contributed by atoms with E-state index in [1.165, 1.54) is 0 Å². The Balaban J connectivity index is 1.71. The fraction of sp³-hybridized carbons (Fsp3) is 0.556. The lowest BCUT2D eigenvalue weighted by Gasteiger charge is -2.31. The molecule has 1 aliphatic carbocycles. The number of carbonyl (C=O) groups excluding carboxylic acids is 2. The first-order chi connectivity index (χ1) is 11.5. The van der Waals surface area contributed by atoms with Gasteiger partial charge in [0.1, 0.15) is 0 Å². The molecule has 2 rings (SSSR count). The van der Waals surface area contributed by atoms with Crippen molar-refractivity contribution in [1.29, 1.82) is 0 Å². The second kappa shape index (κ2) is 8.80. The lowest BCUT2D eigenvalue weighted by molar-refractivity contribution is -0.130. The molecule has 132 valence electrons. The van der Waals surface area contributed by atoms with E-state index in [2.05, 4.69) is 10.6 Å². The number of nitrogens with one attached hydrogen (secondary N) is 2. The summed E-state index contributed by atoms with van der Waals surface area (Å²) in [5.74, 6) is -0.375. The second-order valence-corrected chi connectivity index (χ2v) is 6.31. The van der Waals surface area contributed by atoms with Gasteiger partial charge in [-0.15, -0.1) is 0 Å². The summed E-state index contributed by atoms with van der Waals surface area (Å²) in [6.07, 6.45) is 1.15. The van der Waals surface area contributed by atoms with Crippen molar-refractivity contribution in [3.63, 3.8) is 0 Å². The molecule has 0 aromatic heterocycles. The number of hydrogen-bond donors (Lipinski definition) is 3. The van der Waals surface area contributed by atoms with Crippen molar-refractivity contribution >= 4 is 17.5 Å². The quantitative estimate of drug-likeness (QED) is 0.738. The molecule has 0 unspecified atom stereocenters. The van der Waals surface area contributed by atoms with Crippen LogP contribution in [0.1, 0.15) is 31.2 Å². The van der Waals surface area contributed by atoms with Crippen molar-refractivity contribution in [3.05, 3.63) is 29.8 Å². The van der Waals surface area contributed by atoms with Gasteiger partial charge in [0.15, 0.2) is 0 Å². The molecule has 1 fully saturated rings. The minimum atomic E-state index is -0.501. The normalized spacial score (nSPS) is 23.5. The smallest absolute Gasteiger partial charge is 0.226 e. The van der Waals surface area contributed by atoms with Crippen molar-refractivity contribution in [1.82, 2.24) is 5.32 Å². The maximum absolute atomic E-state index is 12.2. The zero-order chi connectivity index (χ0) is 17.5. The van der Waals surface area contributed by atoms with Crippen LogP contribution in [0.15, 0.2) is 24.3 Å². The maximum Gasteiger partial charge on any atom is 0.226 e. The molecule has 24 heavy (non-hydrogen) atoms. The minimum Gasteiger partial charge on any atom is -0.390 e. The number of ether oxygens (including phenoxy) is 1. The van der Waals surface area contributed by atoms with Gasteiger partial charge in [0.25, 0.3) is 0 Å². The fourth-order valence-corrected chi connectivity index (χ4v) is 2.99. The van der Waals surface area contributed by atoms with E-state index in [-0.39, 0.29) is 30.3 Å². The molecular formula is C18H26N2O4. The molecule has 3 atom stereocenters.